The number of nitrogens with one attached hydrogen (secondary N) is 1. The average Bonchev–Trinajstić information content (AvgIpc) is 2.25. The van der Waals surface area contributed by atoms with Crippen molar-refractivity contribution in [3.05, 3.63) is 0 Å². The Labute approximate surface area is 106 Å². The quantitative estimate of drug-likeness (QED) is 0.648. The summed E-state index contributed by atoms with van der Waals surface area (Å²) in [7, 11) is -2.77. The van der Waals surface area contributed by atoms with Crippen molar-refractivity contribution in [3.8, 4) is 0 Å². The van der Waals surface area contributed by atoms with Gasteiger partial charge in [0.05, 0.1) is 5.75 Å². The van der Waals surface area contributed by atoms with Crippen molar-refractivity contribution in [2.75, 3.05) is 24.6 Å². The van der Waals surface area contributed by atoms with Crippen LogP contribution >= 0.6 is 0 Å². The molecule has 0 radical (unpaired) electrons. The van der Waals surface area contributed by atoms with E-state index in [4.69, 9.17) is 0 Å². The molecule has 0 bridgehead atoms. The molecule has 17 heavy (non-hydrogen) atoms. The van der Waals surface area contributed by atoms with Crippen LogP contribution in [0.15, 0.2) is 0 Å². The van der Waals surface area contributed by atoms with Gasteiger partial charge in [-0.05, 0) is 44.1 Å². The summed E-state index contributed by atoms with van der Waals surface area (Å²) in [4.78, 5) is 0. The molecular formula is C13H27NO2S. The van der Waals surface area contributed by atoms with Gasteiger partial charge in [-0.1, -0.05) is 20.3 Å². The van der Waals surface area contributed by atoms with Crippen molar-refractivity contribution in [2.45, 2.75) is 52.4 Å². The molecule has 0 atom stereocenters. The highest BCUT2D eigenvalue weighted by Crippen LogP contribution is 2.44. The highest BCUT2D eigenvalue weighted by molar-refractivity contribution is 7.91. The van der Waals surface area contributed by atoms with Crippen LogP contribution in [0.5, 0.6) is 0 Å². The lowest BCUT2D eigenvalue weighted by molar-refractivity contribution is 0.116. The summed E-state index contributed by atoms with van der Waals surface area (Å²) in [6.45, 7) is 6.06. The molecule has 0 heterocycles. The minimum atomic E-state index is -2.77. The van der Waals surface area contributed by atoms with E-state index in [1.54, 1.807) is 6.92 Å². The van der Waals surface area contributed by atoms with Gasteiger partial charge in [-0.25, -0.2) is 8.42 Å². The van der Waals surface area contributed by atoms with E-state index in [9.17, 15) is 8.42 Å². The van der Waals surface area contributed by atoms with Gasteiger partial charge < -0.3 is 5.32 Å². The van der Waals surface area contributed by atoms with E-state index in [1.165, 1.54) is 25.7 Å². The fourth-order valence-corrected chi connectivity index (χ4v) is 3.41. The van der Waals surface area contributed by atoms with Gasteiger partial charge in [0.1, 0.15) is 9.84 Å². The molecule has 1 aliphatic carbocycles. The molecule has 0 saturated heterocycles. The first-order valence-corrected chi connectivity index (χ1v) is 8.77. The van der Waals surface area contributed by atoms with Crippen molar-refractivity contribution in [2.24, 2.45) is 5.41 Å². The third kappa shape index (κ3) is 4.96. The molecule has 1 fully saturated rings. The topological polar surface area (TPSA) is 46.2 Å². The van der Waals surface area contributed by atoms with Crippen LogP contribution in [0.25, 0.3) is 0 Å². The molecule has 4 heteroatoms. The minimum Gasteiger partial charge on any atom is -0.316 e. The van der Waals surface area contributed by atoms with Crippen LogP contribution in [-0.2, 0) is 9.84 Å². The lowest BCUT2D eigenvalue weighted by Gasteiger charge is -2.42. The zero-order valence-electron chi connectivity index (χ0n) is 11.3. The standard InChI is InChI=1S/C13H27NO2S/c1-3-10-14-12-13(7-5-8-13)9-6-11-17(15,16)4-2/h14H,3-12H2,1-2H3. The molecule has 1 rings (SSSR count). The molecule has 0 unspecified atom stereocenters. The van der Waals surface area contributed by atoms with Crippen LogP contribution < -0.4 is 5.32 Å². The Hall–Kier alpha value is -0.0900. The van der Waals surface area contributed by atoms with Gasteiger partial charge in [0.25, 0.3) is 0 Å². The molecule has 1 N–H and O–H groups in total. The van der Waals surface area contributed by atoms with Crippen LogP contribution in [0.4, 0.5) is 0 Å². The van der Waals surface area contributed by atoms with Crippen molar-refractivity contribution < 1.29 is 8.42 Å². The van der Waals surface area contributed by atoms with E-state index in [1.807, 2.05) is 0 Å². The number of rotatable bonds is 9. The third-order valence-electron chi connectivity index (χ3n) is 3.94. The Balaban J connectivity index is 2.27. The molecule has 0 aliphatic heterocycles. The highest BCUT2D eigenvalue weighted by Gasteiger charge is 2.35. The second kappa shape index (κ2) is 6.74. The number of sulfone groups is 1. The van der Waals surface area contributed by atoms with Crippen LogP contribution in [0.3, 0.4) is 0 Å². The lowest BCUT2D eigenvalue weighted by atomic mass is 9.66. The smallest absolute Gasteiger partial charge is 0.150 e. The maximum Gasteiger partial charge on any atom is 0.150 e. The summed E-state index contributed by atoms with van der Waals surface area (Å²) in [5.74, 6) is 0.660. The molecular weight excluding hydrogens is 234 g/mol. The van der Waals surface area contributed by atoms with Gasteiger partial charge in [0.15, 0.2) is 0 Å². The maximum absolute atomic E-state index is 11.4. The average molecular weight is 261 g/mol. The lowest BCUT2D eigenvalue weighted by Crippen LogP contribution is -2.40. The predicted molar refractivity (Wildman–Crippen MR) is 73.0 cm³/mol. The molecule has 0 aromatic carbocycles. The summed E-state index contributed by atoms with van der Waals surface area (Å²) in [6.07, 6.45) is 6.94. The van der Waals surface area contributed by atoms with Gasteiger partial charge in [-0.3, -0.25) is 0 Å². The minimum absolute atomic E-state index is 0.286. The Kier molecular flexibility index (Phi) is 5.93. The first-order valence-electron chi connectivity index (χ1n) is 6.95. The molecule has 0 aromatic rings. The highest BCUT2D eigenvalue weighted by atomic mass is 32.2. The first kappa shape index (κ1) is 15.0. The van der Waals surface area contributed by atoms with Gasteiger partial charge in [0, 0.05) is 12.3 Å². The zero-order chi connectivity index (χ0) is 12.8. The largest absolute Gasteiger partial charge is 0.316 e. The van der Waals surface area contributed by atoms with E-state index in [-0.39, 0.29) is 5.75 Å². The molecule has 1 saturated carbocycles. The maximum atomic E-state index is 11.4. The normalized spacial score (nSPS) is 18.9. The molecule has 102 valence electrons. The number of hydrogen-bond donors (Lipinski definition) is 1. The monoisotopic (exact) mass is 261 g/mol. The fourth-order valence-electron chi connectivity index (χ4n) is 2.53. The van der Waals surface area contributed by atoms with E-state index in [0.717, 1.165) is 25.9 Å². The van der Waals surface area contributed by atoms with Crippen molar-refractivity contribution >= 4 is 9.84 Å². The van der Waals surface area contributed by atoms with Crippen molar-refractivity contribution in [3.63, 3.8) is 0 Å². The predicted octanol–water partition coefficient (Wildman–Crippen LogP) is 2.37. The Morgan fingerprint density at radius 2 is 1.94 bits per heavy atom. The van der Waals surface area contributed by atoms with Crippen molar-refractivity contribution in [1.82, 2.24) is 5.32 Å². The summed E-state index contributed by atoms with van der Waals surface area (Å²) in [5, 5.41) is 3.49. The molecule has 0 aromatic heterocycles. The Bertz CT molecular complexity index is 307. The van der Waals surface area contributed by atoms with Gasteiger partial charge in [-0.2, -0.15) is 0 Å². The van der Waals surface area contributed by atoms with Crippen LogP contribution in [0.2, 0.25) is 0 Å². The van der Waals surface area contributed by atoms with Gasteiger partial charge in [0.2, 0.25) is 0 Å². The molecule has 0 spiro atoms. The summed E-state index contributed by atoms with van der Waals surface area (Å²) < 4.78 is 22.9. The van der Waals surface area contributed by atoms with E-state index in [2.05, 4.69) is 12.2 Å². The summed E-state index contributed by atoms with van der Waals surface area (Å²) in [5.41, 5.74) is 0.415. The summed E-state index contributed by atoms with van der Waals surface area (Å²) >= 11 is 0. The first-order chi connectivity index (χ1) is 8.04. The van der Waals surface area contributed by atoms with Crippen LogP contribution in [-0.4, -0.2) is 33.0 Å². The van der Waals surface area contributed by atoms with Crippen molar-refractivity contribution in [1.29, 1.82) is 0 Å². The van der Waals surface area contributed by atoms with Gasteiger partial charge >= 0.3 is 0 Å². The molecule has 3 nitrogen and oxygen atoms in total. The third-order valence-corrected chi connectivity index (χ3v) is 5.73. The van der Waals surface area contributed by atoms with Gasteiger partial charge in [-0.15, -0.1) is 0 Å². The second-order valence-electron chi connectivity index (χ2n) is 5.37. The van der Waals surface area contributed by atoms with E-state index in [0.29, 0.717) is 11.2 Å². The van der Waals surface area contributed by atoms with E-state index >= 15 is 0 Å². The van der Waals surface area contributed by atoms with Crippen LogP contribution in [0.1, 0.15) is 52.4 Å². The Morgan fingerprint density at radius 1 is 1.24 bits per heavy atom. The molecule has 1 aliphatic rings. The van der Waals surface area contributed by atoms with Crippen LogP contribution in [0, 0.1) is 5.41 Å². The number of hydrogen-bond acceptors (Lipinski definition) is 3. The molecule has 0 amide bonds. The van der Waals surface area contributed by atoms with E-state index < -0.39 is 9.84 Å². The SMILES string of the molecule is CCCNCC1(CCCS(=O)(=O)CC)CCC1. The zero-order valence-corrected chi connectivity index (χ0v) is 12.1. The second-order valence-corrected chi connectivity index (χ2v) is 7.84. The summed E-state index contributed by atoms with van der Waals surface area (Å²) in [6, 6.07) is 0. The fraction of sp³-hybridized carbons (Fsp3) is 1.00. The Morgan fingerprint density at radius 3 is 2.41 bits per heavy atom.